The van der Waals surface area contributed by atoms with Crippen LogP contribution >= 0.6 is 0 Å². The van der Waals surface area contributed by atoms with Gasteiger partial charge in [-0.3, -0.25) is 4.79 Å². The number of hydrogen-bond donors (Lipinski definition) is 2. The van der Waals surface area contributed by atoms with Crippen molar-refractivity contribution in [2.75, 3.05) is 13.1 Å². The van der Waals surface area contributed by atoms with E-state index in [1.165, 1.54) is 19.3 Å². The number of amides is 1. The van der Waals surface area contributed by atoms with Gasteiger partial charge in [0.2, 0.25) is 5.91 Å². The van der Waals surface area contributed by atoms with Crippen LogP contribution in [0.4, 0.5) is 0 Å². The standard InChI is InChI=1S/C16H24N2O2/c1-2-18(11-13-4-3-5-13)16(20)15(17)10-12-6-8-14(19)9-7-12/h6-9,13,15,19H,2-5,10-11,17H2,1H3/t15-/m1/s1. The summed E-state index contributed by atoms with van der Waals surface area (Å²) < 4.78 is 0. The summed E-state index contributed by atoms with van der Waals surface area (Å²) in [5, 5.41) is 9.25. The molecule has 0 unspecified atom stereocenters. The van der Waals surface area contributed by atoms with Gasteiger partial charge in [-0.15, -0.1) is 0 Å². The molecular formula is C16H24N2O2. The van der Waals surface area contributed by atoms with Gasteiger partial charge in [0.15, 0.2) is 0 Å². The zero-order valence-electron chi connectivity index (χ0n) is 12.1. The molecule has 20 heavy (non-hydrogen) atoms. The van der Waals surface area contributed by atoms with Gasteiger partial charge in [-0.25, -0.2) is 0 Å². The second-order valence-corrected chi connectivity index (χ2v) is 5.65. The molecule has 0 aromatic heterocycles. The molecule has 1 saturated carbocycles. The van der Waals surface area contributed by atoms with Crippen molar-refractivity contribution in [1.82, 2.24) is 4.90 Å². The van der Waals surface area contributed by atoms with E-state index in [0.29, 0.717) is 12.3 Å². The molecule has 1 aromatic carbocycles. The van der Waals surface area contributed by atoms with E-state index in [2.05, 4.69) is 0 Å². The number of rotatable bonds is 6. The highest BCUT2D eigenvalue weighted by Crippen LogP contribution is 2.27. The third-order valence-corrected chi connectivity index (χ3v) is 4.11. The van der Waals surface area contributed by atoms with Crippen molar-refractivity contribution in [2.24, 2.45) is 11.7 Å². The minimum absolute atomic E-state index is 0.0347. The molecule has 0 heterocycles. The molecule has 1 fully saturated rings. The van der Waals surface area contributed by atoms with Crippen molar-refractivity contribution >= 4 is 5.91 Å². The fourth-order valence-electron chi connectivity index (χ4n) is 2.57. The summed E-state index contributed by atoms with van der Waals surface area (Å²) in [5.41, 5.74) is 7.02. The minimum Gasteiger partial charge on any atom is -0.508 e. The first-order valence-electron chi connectivity index (χ1n) is 7.42. The first-order chi connectivity index (χ1) is 9.60. The van der Waals surface area contributed by atoms with E-state index in [-0.39, 0.29) is 11.7 Å². The molecular weight excluding hydrogens is 252 g/mol. The number of phenols is 1. The van der Waals surface area contributed by atoms with Gasteiger partial charge in [0, 0.05) is 13.1 Å². The molecule has 4 heteroatoms. The highest BCUT2D eigenvalue weighted by atomic mass is 16.3. The summed E-state index contributed by atoms with van der Waals surface area (Å²) in [5.74, 6) is 0.932. The highest BCUT2D eigenvalue weighted by Gasteiger charge is 2.25. The Morgan fingerprint density at radius 3 is 2.55 bits per heavy atom. The number of likely N-dealkylation sites (N-methyl/N-ethyl adjacent to an activating group) is 1. The normalized spacial score (nSPS) is 16.5. The molecule has 1 amide bonds. The summed E-state index contributed by atoms with van der Waals surface area (Å²) in [7, 11) is 0. The Labute approximate surface area is 120 Å². The van der Waals surface area contributed by atoms with E-state index in [1.807, 2.05) is 24.0 Å². The van der Waals surface area contributed by atoms with Gasteiger partial charge in [0.05, 0.1) is 6.04 Å². The van der Waals surface area contributed by atoms with E-state index in [4.69, 9.17) is 5.73 Å². The highest BCUT2D eigenvalue weighted by molar-refractivity contribution is 5.82. The third kappa shape index (κ3) is 3.73. The predicted molar refractivity (Wildman–Crippen MR) is 79.4 cm³/mol. The first-order valence-corrected chi connectivity index (χ1v) is 7.42. The van der Waals surface area contributed by atoms with Crippen molar-refractivity contribution in [2.45, 2.75) is 38.6 Å². The number of phenolic OH excluding ortho intramolecular Hbond substituents is 1. The van der Waals surface area contributed by atoms with E-state index >= 15 is 0 Å². The van der Waals surface area contributed by atoms with Gasteiger partial charge in [-0.05, 0) is 49.8 Å². The molecule has 4 nitrogen and oxygen atoms in total. The maximum absolute atomic E-state index is 12.4. The number of aromatic hydroxyl groups is 1. The molecule has 1 aliphatic carbocycles. The van der Waals surface area contributed by atoms with Crippen molar-refractivity contribution < 1.29 is 9.90 Å². The molecule has 1 aliphatic rings. The van der Waals surface area contributed by atoms with Crippen molar-refractivity contribution in [3.05, 3.63) is 29.8 Å². The number of carbonyl (C=O) groups excluding carboxylic acids is 1. The molecule has 1 atom stereocenters. The first kappa shape index (κ1) is 14.9. The van der Waals surface area contributed by atoms with Crippen LogP contribution in [0.25, 0.3) is 0 Å². The fourth-order valence-corrected chi connectivity index (χ4v) is 2.57. The molecule has 110 valence electrons. The molecule has 0 bridgehead atoms. The molecule has 0 spiro atoms. The zero-order valence-corrected chi connectivity index (χ0v) is 12.1. The van der Waals surface area contributed by atoms with Gasteiger partial charge < -0.3 is 15.7 Å². The summed E-state index contributed by atoms with van der Waals surface area (Å²) in [6.45, 7) is 3.57. The van der Waals surface area contributed by atoms with Crippen molar-refractivity contribution in [3.8, 4) is 5.75 Å². The topological polar surface area (TPSA) is 66.6 Å². The lowest BCUT2D eigenvalue weighted by Crippen LogP contribution is -2.47. The molecule has 0 saturated heterocycles. The van der Waals surface area contributed by atoms with Crippen LogP contribution in [-0.2, 0) is 11.2 Å². The third-order valence-electron chi connectivity index (χ3n) is 4.11. The summed E-state index contributed by atoms with van der Waals surface area (Å²) in [6, 6.07) is 6.37. The molecule has 0 radical (unpaired) electrons. The van der Waals surface area contributed by atoms with Gasteiger partial charge in [-0.2, -0.15) is 0 Å². The number of nitrogens with two attached hydrogens (primary N) is 1. The Balaban J connectivity index is 1.90. The van der Waals surface area contributed by atoms with E-state index < -0.39 is 6.04 Å². The fraction of sp³-hybridized carbons (Fsp3) is 0.562. The summed E-state index contributed by atoms with van der Waals surface area (Å²) in [6.07, 6.45) is 4.27. The van der Waals surface area contributed by atoms with Crippen LogP contribution < -0.4 is 5.73 Å². The number of nitrogens with zero attached hydrogens (tertiary/aromatic N) is 1. The lowest BCUT2D eigenvalue weighted by atomic mass is 9.85. The van der Waals surface area contributed by atoms with Crippen LogP contribution in [0.5, 0.6) is 5.75 Å². The maximum Gasteiger partial charge on any atom is 0.239 e. The number of hydrogen-bond acceptors (Lipinski definition) is 3. The Morgan fingerprint density at radius 2 is 2.05 bits per heavy atom. The van der Waals surface area contributed by atoms with Crippen molar-refractivity contribution in [1.29, 1.82) is 0 Å². The Kier molecular flexibility index (Phi) is 5.01. The zero-order chi connectivity index (χ0) is 14.5. The van der Waals surface area contributed by atoms with Crippen LogP contribution in [0.15, 0.2) is 24.3 Å². The Hall–Kier alpha value is -1.55. The van der Waals surface area contributed by atoms with Crippen molar-refractivity contribution in [3.63, 3.8) is 0 Å². The Bertz CT molecular complexity index is 440. The van der Waals surface area contributed by atoms with Gasteiger partial charge in [-0.1, -0.05) is 18.6 Å². The summed E-state index contributed by atoms with van der Waals surface area (Å²) in [4.78, 5) is 14.3. The second-order valence-electron chi connectivity index (χ2n) is 5.65. The molecule has 2 rings (SSSR count). The maximum atomic E-state index is 12.4. The largest absolute Gasteiger partial charge is 0.508 e. The molecule has 3 N–H and O–H groups in total. The lowest BCUT2D eigenvalue weighted by molar-refractivity contribution is -0.133. The average Bonchev–Trinajstić information content (AvgIpc) is 2.40. The quantitative estimate of drug-likeness (QED) is 0.834. The van der Waals surface area contributed by atoms with E-state index in [0.717, 1.165) is 18.7 Å². The van der Waals surface area contributed by atoms with Gasteiger partial charge >= 0.3 is 0 Å². The SMILES string of the molecule is CCN(CC1CCC1)C(=O)[C@H](N)Cc1ccc(O)cc1. The number of carbonyl (C=O) groups is 1. The summed E-state index contributed by atoms with van der Waals surface area (Å²) >= 11 is 0. The smallest absolute Gasteiger partial charge is 0.239 e. The van der Waals surface area contributed by atoms with Crippen LogP contribution in [-0.4, -0.2) is 35.0 Å². The second kappa shape index (κ2) is 6.75. The molecule has 0 aliphatic heterocycles. The van der Waals surface area contributed by atoms with Crippen LogP contribution in [0, 0.1) is 5.92 Å². The molecule has 1 aromatic rings. The van der Waals surface area contributed by atoms with E-state index in [9.17, 15) is 9.90 Å². The van der Waals surface area contributed by atoms with Gasteiger partial charge in [0.25, 0.3) is 0 Å². The lowest BCUT2D eigenvalue weighted by Gasteiger charge is -2.33. The Morgan fingerprint density at radius 1 is 1.40 bits per heavy atom. The van der Waals surface area contributed by atoms with E-state index in [1.54, 1.807) is 12.1 Å². The number of benzene rings is 1. The minimum atomic E-state index is -0.500. The van der Waals surface area contributed by atoms with Crippen LogP contribution in [0.1, 0.15) is 31.7 Å². The van der Waals surface area contributed by atoms with Gasteiger partial charge in [0.1, 0.15) is 5.75 Å². The monoisotopic (exact) mass is 276 g/mol. The average molecular weight is 276 g/mol. The van der Waals surface area contributed by atoms with Crippen LogP contribution in [0.2, 0.25) is 0 Å². The van der Waals surface area contributed by atoms with Crippen LogP contribution in [0.3, 0.4) is 0 Å². The predicted octanol–water partition coefficient (Wildman–Crippen LogP) is 1.91.